The van der Waals surface area contributed by atoms with Crippen LogP contribution in [0.15, 0.2) is 47.6 Å². The van der Waals surface area contributed by atoms with E-state index in [1.807, 2.05) is 4.90 Å². The van der Waals surface area contributed by atoms with Crippen LogP contribution in [0.3, 0.4) is 0 Å². The summed E-state index contributed by atoms with van der Waals surface area (Å²) in [5.74, 6) is 0. The predicted octanol–water partition coefficient (Wildman–Crippen LogP) is 3.26. The molecule has 0 amide bonds. The van der Waals surface area contributed by atoms with Gasteiger partial charge < -0.3 is 4.90 Å². The molecule has 0 unspecified atom stereocenters. The lowest BCUT2D eigenvalue weighted by Gasteiger charge is -2.35. The molecule has 0 bridgehead atoms. The maximum atomic E-state index is 12.8. The minimum absolute atomic E-state index is 0.150. The molecule has 0 aliphatic carbocycles. The summed E-state index contributed by atoms with van der Waals surface area (Å²) in [4.78, 5) is 5.47. The van der Waals surface area contributed by atoms with Gasteiger partial charge >= 0.3 is 6.18 Å². The minimum atomic E-state index is -4.59. The maximum Gasteiger partial charge on any atom is 0.416 e. The van der Waals surface area contributed by atoms with Crippen molar-refractivity contribution in [1.29, 1.82) is 0 Å². The summed E-state index contributed by atoms with van der Waals surface area (Å²) in [5.41, 5.74) is -0.237. The summed E-state index contributed by atoms with van der Waals surface area (Å²) < 4.78 is 65.1. The molecule has 1 aliphatic heterocycles. The van der Waals surface area contributed by atoms with E-state index < -0.39 is 21.8 Å². The molecule has 140 valence electrons. The van der Waals surface area contributed by atoms with E-state index in [1.165, 1.54) is 16.6 Å². The molecule has 0 spiro atoms. The average molecular weight is 406 g/mol. The molecule has 2 aromatic rings. The minimum Gasteiger partial charge on any atom is -0.368 e. The van der Waals surface area contributed by atoms with Crippen LogP contribution in [0.4, 0.5) is 18.9 Å². The SMILES string of the molecule is O=S(=O)(c1cccc(C(F)(F)F)c1)N1CCN(c2ccncc2Cl)CC1. The van der Waals surface area contributed by atoms with Crippen molar-refractivity contribution in [2.45, 2.75) is 11.1 Å². The van der Waals surface area contributed by atoms with Gasteiger partial charge in [-0.3, -0.25) is 4.98 Å². The van der Waals surface area contributed by atoms with Crippen LogP contribution in [0.1, 0.15) is 5.56 Å². The van der Waals surface area contributed by atoms with Gasteiger partial charge in [-0.05, 0) is 24.3 Å². The number of piperazine rings is 1. The molecule has 3 rings (SSSR count). The van der Waals surface area contributed by atoms with Crippen LogP contribution in [0.25, 0.3) is 0 Å². The van der Waals surface area contributed by atoms with E-state index in [1.54, 1.807) is 12.3 Å². The standard InChI is InChI=1S/C16H15ClF3N3O2S/c17-14-11-21-5-4-15(14)22-6-8-23(9-7-22)26(24,25)13-3-1-2-12(10-13)16(18,19)20/h1-5,10-11H,6-9H2. The summed E-state index contributed by atoms with van der Waals surface area (Å²) in [5, 5.41) is 0.460. The van der Waals surface area contributed by atoms with Crippen molar-refractivity contribution in [2.24, 2.45) is 0 Å². The lowest BCUT2D eigenvalue weighted by Crippen LogP contribution is -2.48. The van der Waals surface area contributed by atoms with Crippen LogP contribution in [0, 0.1) is 0 Å². The van der Waals surface area contributed by atoms with Gasteiger partial charge in [-0.25, -0.2) is 8.42 Å². The molecule has 0 N–H and O–H groups in total. The van der Waals surface area contributed by atoms with E-state index in [0.717, 1.165) is 17.8 Å². The zero-order chi connectivity index (χ0) is 18.9. The van der Waals surface area contributed by atoms with Gasteiger partial charge in [0.1, 0.15) is 0 Å². The van der Waals surface area contributed by atoms with Crippen LogP contribution in [0.5, 0.6) is 0 Å². The van der Waals surface area contributed by atoms with Crippen LogP contribution in [0.2, 0.25) is 5.02 Å². The average Bonchev–Trinajstić information content (AvgIpc) is 2.62. The summed E-state index contributed by atoms with van der Waals surface area (Å²) in [6.07, 6.45) is -1.50. The highest BCUT2D eigenvalue weighted by molar-refractivity contribution is 7.89. The molecule has 1 aromatic carbocycles. The van der Waals surface area contributed by atoms with Crippen molar-refractivity contribution in [3.8, 4) is 0 Å². The second-order valence-corrected chi connectivity index (χ2v) is 8.09. The van der Waals surface area contributed by atoms with Crippen LogP contribution < -0.4 is 4.90 Å². The van der Waals surface area contributed by atoms with Gasteiger partial charge in [0.2, 0.25) is 10.0 Å². The molecule has 1 aliphatic rings. The van der Waals surface area contributed by atoms with Gasteiger partial charge in [0.25, 0.3) is 0 Å². The Hall–Kier alpha value is -1.84. The third-order valence-corrected chi connectivity index (χ3v) is 6.32. The maximum absolute atomic E-state index is 12.8. The Kier molecular flexibility index (Phi) is 5.14. The number of halogens is 4. The summed E-state index contributed by atoms with van der Waals surface area (Å²) in [7, 11) is -4.00. The number of pyridine rings is 1. The lowest BCUT2D eigenvalue weighted by atomic mass is 10.2. The van der Waals surface area contributed by atoms with E-state index in [0.29, 0.717) is 24.2 Å². The van der Waals surface area contributed by atoms with Gasteiger partial charge in [0, 0.05) is 38.6 Å². The van der Waals surface area contributed by atoms with Gasteiger partial charge in [0.05, 0.1) is 21.2 Å². The van der Waals surface area contributed by atoms with Crippen molar-refractivity contribution in [3.05, 3.63) is 53.3 Å². The van der Waals surface area contributed by atoms with Gasteiger partial charge in [-0.2, -0.15) is 17.5 Å². The van der Waals surface area contributed by atoms with Crippen molar-refractivity contribution in [3.63, 3.8) is 0 Å². The van der Waals surface area contributed by atoms with E-state index in [9.17, 15) is 21.6 Å². The lowest BCUT2D eigenvalue weighted by molar-refractivity contribution is -0.137. The Morgan fingerprint density at radius 2 is 1.77 bits per heavy atom. The van der Waals surface area contributed by atoms with E-state index >= 15 is 0 Å². The molecular weight excluding hydrogens is 391 g/mol. The third kappa shape index (κ3) is 3.79. The molecule has 5 nitrogen and oxygen atoms in total. The van der Waals surface area contributed by atoms with Crippen LogP contribution in [-0.2, 0) is 16.2 Å². The normalized spacial score (nSPS) is 16.7. The second kappa shape index (κ2) is 7.05. The number of hydrogen-bond acceptors (Lipinski definition) is 4. The fourth-order valence-electron chi connectivity index (χ4n) is 2.78. The van der Waals surface area contributed by atoms with Crippen LogP contribution in [-0.4, -0.2) is 43.9 Å². The van der Waals surface area contributed by atoms with Crippen molar-refractivity contribution in [1.82, 2.24) is 9.29 Å². The highest BCUT2D eigenvalue weighted by Gasteiger charge is 2.34. The first kappa shape index (κ1) is 18.9. The number of rotatable bonds is 3. The van der Waals surface area contributed by atoms with Crippen molar-refractivity contribution < 1.29 is 21.6 Å². The Morgan fingerprint density at radius 1 is 1.08 bits per heavy atom. The highest BCUT2D eigenvalue weighted by atomic mass is 35.5. The Labute approximate surface area is 154 Å². The summed E-state index contributed by atoms with van der Waals surface area (Å²) in [6.45, 7) is 1.05. The number of aromatic nitrogens is 1. The largest absolute Gasteiger partial charge is 0.416 e. The quantitative estimate of drug-likeness (QED) is 0.786. The number of nitrogens with zero attached hydrogens (tertiary/aromatic N) is 3. The second-order valence-electron chi connectivity index (χ2n) is 5.74. The monoisotopic (exact) mass is 405 g/mol. The number of sulfonamides is 1. The Balaban J connectivity index is 1.78. The third-order valence-electron chi connectivity index (χ3n) is 4.13. The summed E-state index contributed by atoms with van der Waals surface area (Å²) >= 11 is 6.10. The van der Waals surface area contributed by atoms with Crippen molar-refractivity contribution >= 4 is 27.3 Å². The fraction of sp³-hybridized carbons (Fsp3) is 0.312. The molecule has 0 atom stereocenters. The van der Waals surface area contributed by atoms with Crippen molar-refractivity contribution in [2.75, 3.05) is 31.1 Å². The number of alkyl halides is 3. The first-order valence-corrected chi connectivity index (χ1v) is 9.53. The number of hydrogen-bond donors (Lipinski definition) is 0. The predicted molar refractivity (Wildman–Crippen MR) is 91.7 cm³/mol. The molecule has 1 saturated heterocycles. The number of benzene rings is 1. The smallest absolute Gasteiger partial charge is 0.368 e. The molecule has 2 heterocycles. The van der Waals surface area contributed by atoms with E-state index in [4.69, 9.17) is 11.6 Å². The first-order chi connectivity index (χ1) is 12.2. The molecule has 26 heavy (non-hydrogen) atoms. The zero-order valence-corrected chi connectivity index (χ0v) is 15.0. The van der Waals surface area contributed by atoms with Crippen LogP contribution >= 0.6 is 11.6 Å². The molecule has 10 heteroatoms. The first-order valence-electron chi connectivity index (χ1n) is 7.71. The molecule has 0 radical (unpaired) electrons. The zero-order valence-electron chi connectivity index (χ0n) is 13.4. The number of anilines is 1. The Bertz CT molecular complexity index is 898. The van der Waals surface area contributed by atoms with E-state index in [2.05, 4.69) is 4.98 Å². The van der Waals surface area contributed by atoms with Gasteiger partial charge in [-0.15, -0.1) is 0 Å². The molecule has 0 saturated carbocycles. The van der Waals surface area contributed by atoms with E-state index in [-0.39, 0.29) is 18.0 Å². The topological polar surface area (TPSA) is 53.5 Å². The van der Waals surface area contributed by atoms with Gasteiger partial charge in [-0.1, -0.05) is 17.7 Å². The van der Waals surface area contributed by atoms with Gasteiger partial charge in [0.15, 0.2) is 0 Å². The summed E-state index contributed by atoms with van der Waals surface area (Å²) in [6, 6.07) is 5.53. The Morgan fingerprint density at radius 3 is 2.38 bits per heavy atom. The molecule has 1 aromatic heterocycles. The fourth-order valence-corrected chi connectivity index (χ4v) is 4.48. The highest BCUT2D eigenvalue weighted by Crippen LogP contribution is 2.32. The molecular formula is C16H15ClF3N3O2S. The molecule has 1 fully saturated rings.